The third-order valence-electron chi connectivity index (χ3n) is 3.23. The topological polar surface area (TPSA) is 66.0 Å². The maximum absolute atomic E-state index is 5.88. The highest BCUT2D eigenvalue weighted by Gasteiger charge is 2.50. The summed E-state index contributed by atoms with van der Waals surface area (Å²) in [5, 5.41) is 3.32. The fourth-order valence-corrected chi connectivity index (χ4v) is 2.33. The first-order chi connectivity index (χ1) is 7.66. The average molecular weight is 215 g/mol. The Labute approximate surface area is 93.7 Å². The number of hydrogen-bond acceptors (Lipinski definition) is 5. The molecule has 0 fully saturated rings. The second kappa shape index (κ2) is 2.75. The lowest BCUT2D eigenvalue weighted by atomic mass is 9.88. The van der Waals surface area contributed by atoms with Crippen LogP contribution in [0.4, 0.5) is 0 Å². The Kier molecular flexibility index (Phi) is 1.58. The number of aliphatic imine (C=N–C) groups is 2. The minimum atomic E-state index is -0.502. The van der Waals surface area contributed by atoms with Crippen molar-refractivity contribution in [3.8, 4) is 0 Å². The van der Waals surface area contributed by atoms with Crippen molar-refractivity contribution in [3.05, 3.63) is 35.8 Å². The predicted octanol–water partition coefficient (Wildman–Crippen LogP) is 0.302. The highest BCUT2D eigenvalue weighted by atomic mass is 15.4. The molecule has 2 aliphatic heterocycles. The van der Waals surface area contributed by atoms with E-state index in [1.165, 1.54) is 0 Å². The Morgan fingerprint density at radius 3 is 3.06 bits per heavy atom. The molecule has 0 bridgehead atoms. The number of nitrogens with one attached hydrogen (secondary N) is 1. The summed E-state index contributed by atoms with van der Waals surface area (Å²) < 4.78 is 0. The Hall–Kier alpha value is -2.04. The summed E-state index contributed by atoms with van der Waals surface area (Å²) in [6.07, 6.45) is 7.57. The molecule has 1 spiro atoms. The van der Waals surface area contributed by atoms with Gasteiger partial charge in [0, 0.05) is 19.4 Å². The fraction of sp³-hybridized carbons (Fsp3) is 0.273. The molecule has 0 aromatic carbocycles. The van der Waals surface area contributed by atoms with Crippen molar-refractivity contribution in [2.24, 2.45) is 15.7 Å². The molecule has 82 valence electrons. The van der Waals surface area contributed by atoms with Gasteiger partial charge in [-0.1, -0.05) is 6.08 Å². The largest absolute Gasteiger partial charge is 0.369 e. The normalized spacial score (nSPS) is 30.8. The number of likely N-dealkylation sites (N-methyl/N-ethyl adjacent to an activating group) is 1. The monoisotopic (exact) mass is 215 g/mol. The van der Waals surface area contributed by atoms with E-state index in [0.29, 0.717) is 5.96 Å². The summed E-state index contributed by atoms with van der Waals surface area (Å²) >= 11 is 0. The Bertz CT molecular complexity index is 508. The Morgan fingerprint density at radius 2 is 2.25 bits per heavy atom. The van der Waals surface area contributed by atoms with Crippen LogP contribution in [0.1, 0.15) is 6.92 Å². The number of nitrogens with zero attached hydrogens (tertiary/aromatic N) is 3. The average Bonchev–Trinajstić information content (AvgIpc) is 2.54. The van der Waals surface area contributed by atoms with Crippen molar-refractivity contribution < 1.29 is 0 Å². The van der Waals surface area contributed by atoms with E-state index in [0.717, 1.165) is 17.0 Å². The van der Waals surface area contributed by atoms with Crippen molar-refractivity contribution in [2.45, 2.75) is 12.6 Å². The molecule has 1 atom stereocenters. The van der Waals surface area contributed by atoms with Crippen molar-refractivity contribution in [1.29, 1.82) is 0 Å². The van der Waals surface area contributed by atoms with Crippen molar-refractivity contribution in [1.82, 2.24) is 10.2 Å². The minimum Gasteiger partial charge on any atom is -0.369 e. The molecule has 0 aromatic rings. The highest BCUT2D eigenvalue weighted by Crippen LogP contribution is 2.36. The van der Waals surface area contributed by atoms with E-state index in [1.54, 1.807) is 6.20 Å². The molecule has 1 aliphatic carbocycles. The molecular weight excluding hydrogens is 202 g/mol. The molecule has 0 saturated carbocycles. The van der Waals surface area contributed by atoms with Crippen LogP contribution in [0.15, 0.2) is 45.8 Å². The van der Waals surface area contributed by atoms with Crippen LogP contribution in [-0.2, 0) is 0 Å². The van der Waals surface area contributed by atoms with Gasteiger partial charge in [0.25, 0.3) is 0 Å². The van der Waals surface area contributed by atoms with Gasteiger partial charge in [0.05, 0.1) is 11.4 Å². The van der Waals surface area contributed by atoms with E-state index in [9.17, 15) is 0 Å². The van der Waals surface area contributed by atoms with Crippen molar-refractivity contribution in [3.63, 3.8) is 0 Å². The summed E-state index contributed by atoms with van der Waals surface area (Å²) in [6, 6.07) is 0. The van der Waals surface area contributed by atoms with Crippen LogP contribution < -0.4 is 11.1 Å². The van der Waals surface area contributed by atoms with Crippen LogP contribution in [0.3, 0.4) is 0 Å². The van der Waals surface area contributed by atoms with Crippen LogP contribution in [0, 0.1) is 0 Å². The molecule has 5 nitrogen and oxygen atoms in total. The highest BCUT2D eigenvalue weighted by molar-refractivity contribution is 6.13. The number of nitrogens with two attached hydrogens (primary N) is 1. The van der Waals surface area contributed by atoms with E-state index in [1.807, 2.05) is 37.2 Å². The maximum atomic E-state index is 5.88. The van der Waals surface area contributed by atoms with Crippen LogP contribution in [0.25, 0.3) is 0 Å². The van der Waals surface area contributed by atoms with E-state index < -0.39 is 5.66 Å². The van der Waals surface area contributed by atoms with Crippen molar-refractivity contribution >= 4 is 11.7 Å². The van der Waals surface area contributed by atoms with E-state index in [2.05, 4.69) is 15.3 Å². The van der Waals surface area contributed by atoms with Gasteiger partial charge in [-0.15, -0.1) is 0 Å². The fourth-order valence-electron chi connectivity index (χ4n) is 2.33. The van der Waals surface area contributed by atoms with Crippen LogP contribution in [0.5, 0.6) is 0 Å². The smallest absolute Gasteiger partial charge is 0.200 e. The number of allylic oxidation sites excluding steroid dienone is 2. The second-order valence-electron chi connectivity index (χ2n) is 4.08. The molecule has 2 heterocycles. The molecule has 16 heavy (non-hydrogen) atoms. The third-order valence-corrected chi connectivity index (χ3v) is 3.23. The quantitative estimate of drug-likeness (QED) is 0.611. The van der Waals surface area contributed by atoms with Gasteiger partial charge in [-0.3, -0.25) is 4.99 Å². The van der Waals surface area contributed by atoms with E-state index in [4.69, 9.17) is 5.73 Å². The van der Waals surface area contributed by atoms with Gasteiger partial charge in [0.15, 0.2) is 5.96 Å². The SMILES string of the molecule is CC1=CC=C2N=C(N)N(C)C23NC=CN=C13. The zero-order chi connectivity index (χ0) is 11.3. The summed E-state index contributed by atoms with van der Waals surface area (Å²) in [6.45, 7) is 2.04. The molecule has 0 aromatic heterocycles. The lowest BCUT2D eigenvalue weighted by Crippen LogP contribution is -2.63. The van der Waals surface area contributed by atoms with Crippen LogP contribution in [0.2, 0.25) is 0 Å². The van der Waals surface area contributed by atoms with Gasteiger partial charge in [-0.05, 0) is 18.6 Å². The minimum absolute atomic E-state index is 0.502. The van der Waals surface area contributed by atoms with Gasteiger partial charge < -0.3 is 16.0 Å². The predicted molar refractivity (Wildman–Crippen MR) is 63.7 cm³/mol. The lowest BCUT2D eigenvalue weighted by Gasteiger charge is -2.41. The molecule has 0 saturated heterocycles. The lowest BCUT2D eigenvalue weighted by molar-refractivity contribution is 0.320. The number of hydrogen-bond donors (Lipinski definition) is 2. The zero-order valence-corrected chi connectivity index (χ0v) is 9.23. The van der Waals surface area contributed by atoms with Gasteiger partial charge >= 0.3 is 0 Å². The molecular formula is C11H13N5. The zero-order valence-electron chi connectivity index (χ0n) is 9.23. The summed E-state index contributed by atoms with van der Waals surface area (Å²) in [7, 11) is 1.92. The first kappa shape index (κ1) is 9.21. The van der Waals surface area contributed by atoms with E-state index in [-0.39, 0.29) is 0 Å². The first-order valence-electron chi connectivity index (χ1n) is 5.14. The molecule has 1 unspecified atom stereocenters. The van der Waals surface area contributed by atoms with Gasteiger partial charge in [0.2, 0.25) is 5.66 Å². The van der Waals surface area contributed by atoms with Gasteiger partial charge in [-0.25, -0.2) is 4.99 Å². The maximum Gasteiger partial charge on any atom is 0.200 e. The molecule has 3 N–H and O–H groups in total. The first-order valence-corrected chi connectivity index (χ1v) is 5.14. The summed E-state index contributed by atoms with van der Waals surface area (Å²) in [5.74, 6) is 0.504. The van der Waals surface area contributed by atoms with Crippen molar-refractivity contribution in [2.75, 3.05) is 7.05 Å². The standard InChI is InChI=1S/C11H13N5/c1-7-3-4-8-11(16(2)10(12)15-8)9(7)13-5-6-14-11/h3-6,14H,1-2H3,(H2,12,15). The summed E-state index contributed by atoms with van der Waals surface area (Å²) in [4.78, 5) is 10.7. The van der Waals surface area contributed by atoms with Gasteiger partial charge in [-0.2, -0.15) is 0 Å². The molecule has 3 aliphatic rings. The van der Waals surface area contributed by atoms with Crippen LogP contribution >= 0.6 is 0 Å². The van der Waals surface area contributed by atoms with Crippen LogP contribution in [-0.4, -0.2) is 29.3 Å². The Morgan fingerprint density at radius 1 is 1.44 bits per heavy atom. The molecule has 5 heteroatoms. The summed E-state index contributed by atoms with van der Waals surface area (Å²) in [5.41, 5.74) is 8.35. The van der Waals surface area contributed by atoms with Gasteiger partial charge in [0.1, 0.15) is 0 Å². The molecule has 0 radical (unpaired) electrons. The number of guanidine groups is 1. The second-order valence-corrected chi connectivity index (χ2v) is 4.08. The molecule has 0 amide bonds. The number of rotatable bonds is 0. The third kappa shape index (κ3) is 0.856. The Balaban J connectivity index is 2.25. The van der Waals surface area contributed by atoms with E-state index >= 15 is 0 Å². The molecule has 3 rings (SSSR count).